The van der Waals surface area contributed by atoms with E-state index < -0.39 is 0 Å². The SMILES string of the molecule is CNC1CCc2c1cn(Sc1cccc(Cl)c1)c2-c1cc(Cl)c(C)cc1F. The van der Waals surface area contributed by atoms with Crippen molar-refractivity contribution >= 4 is 35.1 Å². The average Bonchev–Trinajstić information content (AvgIpc) is 3.17. The Morgan fingerprint density at radius 3 is 2.78 bits per heavy atom. The number of rotatable bonds is 4. The van der Waals surface area contributed by atoms with Crippen LogP contribution in [-0.4, -0.2) is 11.0 Å². The second-order valence-corrected chi connectivity index (χ2v) is 8.64. The Bertz CT molecular complexity index is 1020. The van der Waals surface area contributed by atoms with Gasteiger partial charge in [-0.05, 0) is 85.8 Å². The Hall–Kier alpha value is -1.46. The van der Waals surface area contributed by atoms with Crippen LogP contribution in [0.15, 0.2) is 47.5 Å². The first kappa shape index (κ1) is 18.9. The van der Waals surface area contributed by atoms with E-state index >= 15 is 0 Å². The van der Waals surface area contributed by atoms with E-state index in [1.807, 2.05) is 42.2 Å². The molecular weight excluding hydrogens is 402 g/mol. The molecule has 0 bridgehead atoms. The van der Waals surface area contributed by atoms with Crippen molar-refractivity contribution in [3.05, 3.63) is 75.1 Å². The van der Waals surface area contributed by atoms with Gasteiger partial charge in [-0.15, -0.1) is 0 Å². The predicted octanol–water partition coefficient (Wildman–Crippen LogP) is 6.67. The Labute approximate surface area is 172 Å². The monoisotopic (exact) mass is 420 g/mol. The number of halogens is 3. The highest BCUT2D eigenvalue weighted by atomic mass is 35.5. The summed E-state index contributed by atoms with van der Waals surface area (Å²) in [6, 6.07) is 11.2. The van der Waals surface area contributed by atoms with Gasteiger partial charge in [-0.3, -0.25) is 3.97 Å². The Morgan fingerprint density at radius 2 is 2.04 bits per heavy atom. The molecule has 2 aromatic carbocycles. The Kier molecular flexibility index (Phi) is 5.26. The molecule has 0 saturated heterocycles. The van der Waals surface area contributed by atoms with Crippen LogP contribution in [0.3, 0.4) is 0 Å². The molecule has 0 saturated carbocycles. The highest BCUT2D eigenvalue weighted by Crippen LogP contribution is 2.44. The predicted molar refractivity (Wildman–Crippen MR) is 112 cm³/mol. The maximum atomic E-state index is 14.9. The van der Waals surface area contributed by atoms with Crippen molar-refractivity contribution in [2.75, 3.05) is 7.05 Å². The number of aryl methyl sites for hydroxylation is 1. The summed E-state index contributed by atoms with van der Waals surface area (Å²) in [6.45, 7) is 1.82. The van der Waals surface area contributed by atoms with E-state index in [4.69, 9.17) is 23.2 Å². The molecule has 1 aromatic heterocycles. The van der Waals surface area contributed by atoms with E-state index in [1.165, 1.54) is 29.1 Å². The number of nitrogens with one attached hydrogen (secondary N) is 1. The summed E-state index contributed by atoms with van der Waals surface area (Å²) in [5.41, 5.74) is 4.56. The molecule has 1 aliphatic rings. The van der Waals surface area contributed by atoms with Crippen LogP contribution in [0.25, 0.3) is 11.3 Å². The van der Waals surface area contributed by atoms with Crippen molar-refractivity contribution in [3.63, 3.8) is 0 Å². The zero-order chi connectivity index (χ0) is 19.1. The maximum absolute atomic E-state index is 14.9. The fraction of sp³-hybridized carbons (Fsp3) is 0.238. The van der Waals surface area contributed by atoms with E-state index in [2.05, 4.69) is 11.5 Å². The van der Waals surface area contributed by atoms with Crippen molar-refractivity contribution in [1.29, 1.82) is 0 Å². The summed E-state index contributed by atoms with van der Waals surface area (Å²) in [5, 5.41) is 4.61. The van der Waals surface area contributed by atoms with Gasteiger partial charge in [0, 0.05) is 32.7 Å². The minimum Gasteiger partial charge on any atom is -0.313 e. The van der Waals surface area contributed by atoms with E-state index in [0.29, 0.717) is 15.6 Å². The molecule has 0 radical (unpaired) electrons. The molecule has 3 aromatic rings. The second kappa shape index (κ2) is 7.51. The normalized spacial score (nSPS) is 16.0. The van der Waals surface area contributed by atoms with E-state index in [1.54, 1.807) is 6.07 Å². The van der Waals surface area contributed by atoms with Gasteiger partial charge < -0.3 is 5.32 Å². The second-order valence-electron chi connectivity index (χ2n) is 6.75. The number of fused-ring (bicyclic) bond motifs is 1. The Balaban J connectivity index is 1.88. The molecular formula is C21H19Cl2FN2S. The third kappa shape index (κ3) is 3.52. The molecule has 27 heavy (non-hydrogen) atoms. The molecule has 0 fully saturated rings. The zero-order valence-corrected chi connectivity index (χ0v) is 17.4. The fourth-order valence-corrected chi connectivity index (χ4v) is 5.09. The molecule has 4 rings (SSSR count). The molecule has 6 heteroatoms. The lowest BCUT2D eigenvalue weighted by Gasteiger charge is -2.13. The largest absolute Gasteiger partial charge is 0.313 e. The number of hydrogen-bond donors (Lipinski definition) is 1. The van der Waals surface area contributed by atoms with Crippen LogP contribution in [0.2, 0.25) is 10.0 Å². The van der Waals surface area contributed by atoms with Gasteiger partial charge in [0.25, 0.3) is 0 Å². The van der Waals surface area contributed by atoms with Crippen LogP contribution in [0.5, 0.6) is 0 Å². The molecule has 1 atom stereocenters. The number of nitrogens with zero attached hydrogens (tertiary/aromatic N) is 1. The first-order valence-corrected chi connectivity index (χ1v) is 10.3. The van der Waals surface area contributed by atoms with Gasteiger partial charge in [-0.1, -0.05) is 29.3 Å². The fourth-order valence-electron chi connectivity index (χ4n) is 3.66. The third-order valence-electron chi connectivity index (χ3n) is 5.02. The van der Waals surface area contributed by atoms with Crippen molar-refractivity contribution in [2.24, 2.45) is 0 Å². The molecule has 1 heterocycles. The molecule has 2 nitrogen and oxygen atoms in total. The van der Waals surface area contributed by atoms with Crippen molar-refractivity contribution in [3.8, 4) is 11.3 Å². The van der Waals surface area contributed by atoms with Gasteiger partial charge in [0.05, 0.1) is 5.69 Å². The molecule has 1 unspecified atom stereocenters. The van der Waals surface area contributed by atoms with Gasteiger partial charge in [0.15, 0.2) is 0 Å². The van der Waals surface area contributed by atoms with E-state index in [-0.39, 0.29) is 11.9 Å². The van der Waals surface area contributed by atoms with Crippen LogP contribution >= 0.6 is 35.1 Å². The lowest BCUT2D eigenvalue weighted by atomic mass is 10.0. The van der Waals surface area contributed by atoms with Crippen molar-refractivity contribution in [2.45, 2.75) is 30.7 Å². The summed E-state index contributed by atoms with van der Waals surface area (Å²) in [4.78, 5) is 0.997. The third-order valence-corrected chi connectivity index (χ3v) is 6.61. The quantitative estimate of drug-likeness (QED) is 0.507. The van der Waals surface area contributed by atoms with E-state index in [9.17, 15) is 4.39 Å². The molecule has 140 valence electrons. The van der Waals surface area contributed by atoms with Crippen molar-refractivity contribution < 1.29 is 4.39 Å². The minimum absolute atomic E-state index is 0.251. The first-order valence-electron chi connectivity index (χ1n) is 8.79. The first-order chi connectivity index (χ1) is 13.0. The lowest BCUT2D eigenvalue weighted by Crippen LogP contribution is -2.12. The van der Waals surface area contributed by atoms with Gasteiger partial charge in [0.1, 0.15) is 5.82 Å². The molecule has 0 amide bonds. The van der Waals surface area contributed by atoms with Crippen molar-refractivity contribution in [1.82, 2.24) is 9.29 Å². The van der Waals surface area contributed by atoms with Crippen LogP contribution in [0.4, 0.5) is 4.39 Å². The topological polar surface area (TPSA) is 17.0 Å². The van der Waals surface area contributed by atoms with Crippen LogP contribution in [0, 0.1) is 12.7 Å². The highest BCUT2D eigenvalue weighted by Gasteiger charge is 2.29. The van der Waals surface area contributed by atoms with Gasteiger partial charge in [-0.25, -0.2) is 4.39 Å². The number of hydrogen-bond acceptors (Lipinski definition) is 2. The van der Waals surface area contributed by atoms with Gasteiger partial charge >= 0.3 is 0 Å². The molecule has 0 aliphatic heterocycles. The zero-order valence-electron chi connectivity index (χ0n) is 15.0. The van der Waals surface area contributed by atoms with E-state index in [0.717, 1.165) is 29.0 Å². The average molecular weight is 421 g/mol. The van der Waals surface area contributed by atoms with Gasteiger partial charge in [0.2, 0.25) is 0 Å². The summed E-state index contributed by atoms with van der Waals surface area (Å²) < 4.78 is 17.0. The maximum Gasteiger partial charge on any atom is 0.132 e. The summed E-state index contributed by atoms with van der Waals surface area (Å²) >= 11 is 14.0. The smallest absolute Gasteiger partial charge is 0.132 e. The number of benzene rings is 2. The van der Waals surface area contributed by atoms with Crippen LogP contribution < -0.4 is 5.32 Å². The Morgan fingerprint density at radius 1 is 1.22 bits per heavy atom. The summed E-state index contributed by atoms with van der Waals surface area (Å²) in [6.07, 6.45) is 4.03. The van der Waals surface area contributed by atoms with Gasteiger partial charge in [-0.2, -0.15) is 0 Å². The summed E-state index contributed by atoms with van der Waals surface area (Å²) in [7, 11) is 1.96. The van der Waals surface area contributed by atoms with Crippen LogP contribution in [0.1, 0.15) is 29.2 Å². The molecule has 1 N–H and O–H groups in total. The highest BCUT2D eigenvalue weighted by molar-refractivity contribution is 7.98. The summed E-state index contributed by atoms with van der Waals surface area (Å²) in [5.74, 6) is -0.251. The molecule has 0 spiro atoms. The lowest BCUT2D eigenvalue weighted by molar-refractivity contribution is 0.588. The van der Waals surface area contributed by atoms with Crippen LogP contribution in [-0.2, 0) is 6.42 Å². The molecule has 1 aliphatic carbocycles. The standard InChI is InChI=1S/C21H19Cl2FN2S/c1-12-8-19(24)16(10-18(12)23)21-15-6-7-20(25-2)17(15)11-26(21)27-14-5-3-4-13(22)9-14/h3-5,8-11,20,25H,6-7H2,1-2H3. The minimum atomic E-state index is -0.251. The number of aromatic nitrogens is 1.